The minimum absolute atomic E-state index is 0.0404. The molecular weight excluding hydrogens is 645 g/mol. The van der Waals surface area contributed by atoms with Gasteiger partial charge in [-0.3, -0.25) is 9.59 Å². The maximum absolute atomic E-state index is 12.7. The summed E-state index contributed by atoms with van der Waals surface area (Å²) in [6, 6.07) is 0. The van der Waals surface area contributed by atoms with E-state index in [4.69, 9.17) is 14.2 Å². The molecule has 0 aromatic heterocycles. The van der Waals surface area contributed by atoms with Crippen LogP contribution in [0, 0.1) is 0 Å². The number of ether oxygens (including phenoxy) is 3. The molecule has 0 saturated carbocycles. The third kappa shape index (κ3) is 40.1. The summed E-state index contributed by atoms with van der Waals surface area (Å²) in [6.45, 7) is 7.54. The van der Waals surface area contributed by atoms with E-state index in [0.717, 1.165) is 77.0 Å². The lowest BCUT2D eigenvalue weighted by molar-refractivity contribution is -0.162. The van der Waals surface area contributed by atoms with Gasteiger partial charge in [-0.15, -0.1) is 0 Å². The quantitative estimate of drug-likeness (QED) is 0.0360. The van der Waals surface area contributed by atoms with Crippen molar-refractivity contribution in [3.05, 3.63) is 72.9 Å². The Morgan fingerprint density at radius 1 is 0.442 bits per heavy atom. The smallest absolute Gasteiger partial charge is 0.306 e. The normalized spacial score (nSPS) is 12.9. The molecule has 0 bridgehead atoms. The molecule has 0 aliphatic carbocycles. The minimum atomic E-state index is -0.569. The highest BCUT2D eigenvalue weighted by molar-refractivity contribution is 5.70. The van der Waals surface area contributed by atoms with Crippen LogP contribution >= 0.6 is 0 Å². The van der Waals surface area contributed by atoms with E-state index in [1.807, 2.05) is 6.08 Å². The summed E-state index contributed by atoms with van der Waals surface area (Å²) in [7, 11) is 0. The molecule has 5 nitrogen and oxygen atoms in total. The van der Waals surface area contributed by atoms with Gasteiger partial charge in [0.05, 0.1) is 6.61 Å². The van der Waals surface area contributed by atoms with Crippen molar-refractivity contribution in [2.75, 3.05) is 19.8 Å². The molecular formula is C47H80O5. The van der Waals surface area contributed by atoms with Crippen LogP contribution in [0.2, 0.25) is 0 Å². The third-order valence-electron chi connectivity index (χ3n) is 8.72. The SMILES string of the molecule is CC/C=C\C/C=C\C/C=C\C/C=C\CCC(=O)OCC(COCCCCCCCCCCCC)OC(=O)CCCCCCC/C=C\C/C=C\CCC. The molecule has 0 aliphatic heterocycles. The highest BCUT2D eigenvalue weighted by Crippen LogP contribution is 2.12. The van der Waals surface area contributed by atoms with Crippen LogP contribution < -0.4 is 0 Å². The lowest BCUT2D eigenvalue weighted by atomic mass is 10.1. The van der Waals surface area contributed by atoms with Crippen molar-refractivity contribution in [1.29, 1.82) is 0 Å². The maximum atomic E-state index is 12.7. The summed E-state index contributed by atoms with van der Waals surface area (Å²) in [5.74, 6) is -0.511. The van der Waals surface area contributed by atoms with Crippen LogP contribution in [0.25, 0.3) is 0 Å². The van der Waals surface area contributed by atoms with Crippen LogP contribution in [0.5, 0.6) is 0 Å². The van der Waals surface area contributed by atoms with Crippen molar-refractivity contribution in [2.45, 2.75) is 194 Å². The van der Waals surface area contributed by atoms with Gasteiger partial charge in [-0.2, -0.15) is 0 Å². The molecule has 1 unspecified atom stereocenters. The number of unbranched alkanes of at least 4 members (excludes halogenated alkanes) is 15. The second-order valence-corrected chi connectivity index (χ2v) is 13.9. The molecule has 0 spiro atoms. The molecule has 0 heterocycles. The first kappa shape index (κ1) is 49.3. The van der Waals surface area contributed by atoms with E-state index in [1.54, 1.807) is 0 Å². The Kier molecular flexibility index (Phi) is 40.6. The topological polar surface area (TPSA) is 61.8 Å². The van der Waals surface area contributed by atoms with Gasteiger partial charge < -0.3 is 14.2 Å². The Bertz CT molecular complexity index is 957. The highest BCUT2D eigenvalue weighted by Gasteiger charge is 2.17. The Labute approximate surface area is 321 Å². The Morgan fingerprint density at radius 3 is 1.54 bits per heavy atom. The lowest BCUT2D eigenvalue weighted by Gasteiger charge is -2.18. The molecule has 0 N–H and O–H groups in total. The largest absolute Gasteiger partial charge is 0.462 e. The predicted molar refractivity (Wildman–Crippen MR) is 224 cm³/mol. The number of rotatable bonds is 38. The molecule has 0 aromatic carbocycles. The molecule has 0 aromatic rings. The van der Waals surface area contributed by atoms with Crippen LogP contribution in [0.15, 0.2) is 72.9 Å². The van der Waals surface area contributed by atoms with Gasteiger partial charge in [-0.1, -0.05) is 177 Å². The Balaban J connectivity index is 4.38. The molecule has 0 aliphatic rings. The number of hydrogen-bond donors (Lipinski definition) is 0. The van der Waals surface area contributed by atoms with Gasteiger partial charge in [-0.25, -0.2) is 0 Å². The average molecular weight is 725 g/mol. The zero-order chi connectivity index (χ0) is 37.8. The first-order chi connectivity index (χ1) is 25.6. The monoisotopic (exact) mass is 725 g/mol. The summed E-state index contributed by atoms with van der Waals surface area (Å²) in [5.41, 5.74) is 0. The minimum Gasteiger partial charge on any atom is -0.462 e. The number of carbonyl (C=O) groups excluding carboxylic acids is 2. The van der Waals surface area contributed by atoms with E-state index in [9.17, 15) is 9.59 Å². The van der Waals surface area contributed by atoms with Gasteiger partial charge in [0, 0.05) is 19.4 Å². The summed E-state index contributed by atoms with van der Waals surface area (Å²) in [5, 5.41) is 0. The van der Waals surface area contributed by atoms with E-state index >= 15 is 0 Å². The predicted octanol–water partition coefficient (Wildman–Crippen LogP) is 14.0. The summed E-state index contributed by atoms with van der Waals surface area (Å²) in [4.78, 5) is 25.1. The summed E-state index contributed by atoms with van der Waals surface area (Å²) >= 11 is 0. The van der Waals surface area contributed by atoms with Crippen molar-refractivity contribution >= 4 is 11.9 Å². The Morgan fingerprint density at radius 2 is 0.942 bits per heavy atom. The highest BCUT2D eigenvalue weighted by atomic mass is 16.6. The van der Waals surface area contributed by atoms with Gasteiger partial charge in [0.1, 0.15) is 6.61 Å². The standard InChI is InChI=1S/C47H80O5/c1-4-7-10-13-16-19-22-24-26-28-31-34-37-40-46(48)51-44-45(43-50-42-39-36-33-30-21-18-15-12-9-6-3)52-47(49)41-38-35-32-29-27-25-23-20-17-14-11-8-5-2/h7,10-11,14,16,19-20,23-24,26,31,34,45H,4-6,8-9,12-13,15,17-18,21-22,25,27-30,32-33,35-44H2,1-3H3/b10-7-,14-11-,19-16-,23-20-,26-24-,34-31-. The molecule has 298 valence electrons. The van der Waals surface area contributed by atoms with Crippen molar-refractivity contribution in [3.63, 3.8) is 0 Å². The second-order valence-electron chi connectivity index (χ2n) is 13.9. The first-order valence-electron chi connectivity index (χ1n) is 21.5. The number of carbonyl (C=O) groups is 2. The number of esters is 2. The number of allylic oxidation sites excluding steroid dienone is 12. The van der Waals surface area contributed by atoms with Gasteiger partial charge in [0.15, 0.2) is 6.10 Å². The van der Waals surface area contributed by atoms with E-state index in [2.05, 4.69) is 87.6 Å². The molecule has 1 atom stereocenters. The van der Waals surface area contributed by atoms with Crippen molar-refractivity contribution in [1.82, 2.24) is 0 Å². The lowest BCUT2D eigenvalue weighted by Crippen LogP contribution is -2.30. The molecule has 0 rings (SSSR count). The number of hydrogen-bond acceptors (Lipinski definition) is 5. The van der Waals surface area contributed by atoms with Crippen LogP contribution in [-0.2, 0) is 23.8 Å². The van der Waals surface area contributed by atoms with Crippen molar-refractivity contribution in [3.8, 4) is 0 Å². The van der Waals surface area contributed by atoms with Gasteiger partial charge in [-0.05, 0) is 70.6 Å². The molecule has 0 saturated heterocycles. The molecule has 52 heavy (non-hydrogen) atoms. The van der Waals surface area contributed by atoms with Crippen LogP contribution in [-0.4, -0.2) is 37.9 Å². The van der Waals surface area contributed by atoms with Crippen molar-refractivity contribution in [2.24, 2.45) is 0 Å². The van der Waals surface area contributed by atoms with Gasteiger partial charge >= 0.3 is 11.9 Å². The maximum Gasteiger partial charge on any atom is 0.306 e. The average Bonchev–Trinajstić information content (AvgIpc) is 3.14. The zero-order valence-electron chi connectivity index (χ0n) is 34.1. The van der Waals surface area contributed by atoms with E-state index in [0.29, 0.717) is 25.9 Å². The fourth-order valence-corrected chi connectivity index (χ4v) is 5.56. The van der Waals surface area contributed by atoms with E-state index < -0.39 is 6.10 Å². The summed E-state index contributed by atoms with van der Waals surface area (Å²) < 4.78 is 17.2. The van der Waals surface area contributed by atoms with E-state index in [1.165, 1.54) is 70.6 Å². The van der Waals surface area contributed by atoms with E-state index in [-0.39, 0.29) is 25.2 Å². The zero-order valence-corrected chi connectivity index (χ0v) is 34.1. The fraction of sp³-hybridized carbons (Fsp3) is 0.702. The van der Waals surface area contributed by atoms with Gasteiger partial charge in [0.25, 0.3) is 0 Å². The van der Waals surface area contributed by atoms with Crippen molar-refractivity contribution < 1.29 is 23.8 Å². The van der Waals surface area contributed by atoms with Crippen LogP contribution in [0.4, 0.5) is 0 Å². The Hall–Kier alpha value is -2.66. The molecule has 0 fully saturated rings. The first-order valence-corrected chi connectivity index (χ1v) is 21.5. The molecule has 5 heteroatoms. The molecule has 0 amide bonds. The molecule has 0 radical (unpaired) electrons. The van der Waals surface area contributed by atoms with Gasteiger partial charge in [0.2, 0.25) is 0 Å². The third-order valence-corrected chi connectivity index (χ3v) is 8.72. The van der Waals surface area contributed by atoms with Crippen LogP contribution in [0.1, 0.15) is 188 Å². The second kappa shape index (κ2) is 42.8. The summed E-state index contributed by atoms with van der Waals surface area (Å²) in [6.07, 6.45) is 53.3. The van der Waals surface area contributed by atoms with Crippen LogP contribution in [0.3, 0.4) is 0 Å². The fourth-order valence-electron chi connectivity index (χ4n) is 5.56.